The van der Waals surface area contributed by atoms with Crippen LogP contribution in [0.25, 0.3) is 0 Å². The number of nitrogens with one attached hydrogen (secondary N) is 1. The van der Waals surface area contributed by atoms with Crippen LogP contribution in [0.2, 0.25) is 0 Å². The zero-order valence-corrected chi connectivity index (χ0v) is 42.2. The lowest BCUT2D eigenvalue weighted by atomic mass is 9.98. The topological polar surface area (TPSA) is 189 Å². The summed E-state index contributed by atoms with van der Waals surface area (Å²) >= 11 is 0. The third-order valence-corrected chi connectivity index (χ3v) is 13.9. The van der Waals surface area contributed by atoms with Gasteiger partial charge in [0, 0.05) is 0 Å². The summed E-state index contributed by atoms with van der Waals surface area (Å²) in [6, 6.07) is -1.16. The minimum absolute atomic E-state index is 0.267. The molecule has 1 aliphatic rings. The number of aliphatic hydroxyl groups excluding tert-OH is 7. The van der Waals surface area contributed by atoms with Crippen molar-refractivity contribution in [1.29, 1.82) is 0 Å². The average molecular weight is 930 g/mol. The van der Waals surface area contributed by atoms with E-state index >= 15 is 0 Å². The number of hydrogen-bond donors (Lipinski definition) is 8. The highest BCUT2D eigenvalue weighted by Crippen LogP contribution is 2.23. The van der Waals surface area contributed by atoms with Crippen LogP contribution in [0, 0.1) is 0 Å². The second-order valence-corrected chi connectivity index (χ2v) is 20.0. The maximum Gasteiger partial charge on any atom is 0.249 e. The Morgan fingerprint density at radius 1 is 0.477 bits per heavy atom. The molecule has 9 atom stereocenters. The molecule has 0 aromatic carbocycles. The highest BCUT2D eigenvalue weighted by atomic mass is 16.7. The van der Waals surface area contributed by atoms with Crippen molar-refractivity contribution in [2.75, 3.05) is 13.2 Å². The number of carbonyl (C=O) groups is 1. The van der Waals surface area contributed by atoms with Gasteiger partial charge in [0.2, 0.25) is 5.91 Å². The van der Waals surface area contributed by atoms with E-state index < -0.39 is 74.2 Å². The van der Waals surface area contributed by atoms with Crippen molar-refractivity contribution in [3.05, 3.63) is 0 Å². The Kier molecular flexibility index (Phi) is 42.4. The second kappa shape index (κ2) is 44.3. The molecule has 1 amide bonds. The quantitative estimate of drug-likeness (QED) is 0.0273. The fourth-order valence-corrected chi connectivity index (χ4v) is 9.33. The Labute approximate surface area is 399 Å². The van der Waals surface area contributed by atoms with Gasteiger partial charge in [0.15, 0.2) is 6.29 Å². The van der Waals surface area contributed by atoms with Gasteiger partial charge in [-0.15, -0.1) is 0 Å². The number of unbranched alkanes of at least 4 members (excludes halogenated alkanes) is 36. The van der Waals surface area contributed by atoms with E-state index in [1.807, 2.05) is 0 Å². The monoisotopic (exact) mass is 930 g/mol. The van der Waals surface area contributed by atoms with Crippen molar-refractivity contribution in [2.24, 2.45) is 0 Å². The van der Waals surface area contributed by atoms with Crippen LogP contribution in [-0.4, -0.2) is 110 Å². The molecule has 1 rings (SSSR count). The normalized spacial score (nSPS) is 20.8. The molecule has 9 unspecified atom stereocenters. The Bertz CT molecular complexity index is 1020. The highest BCUT2D eigenvalue weighted by molar-refractivity contribution is 5.80. The third kappa shape index (κ3) is 33.3. The van der Waals surface area contributed by atoms with Crippen LogP contribution >= 0.6 is 0 Å². The minimum Gasteiger partial charge on any atom is -0.394 e. The van der Waals surface area contributed by atoms with Gasteiger partial charge in [0.1, 0.15) is 36.6 Å². The molecule has 1 aliphatic heterocycles. The number of amides is 1. The fourth-order valence-electron chi connectivity index (χ4n) is 9.33. The smallest absolute Gasteiger partial charge is 0.249 e. The van der Waals surface area contributed by atoms with E-state index in [1.54, 1.807) is 0 Å². The van der Waals surface area contributed by atoms with E-state index in [2.05, 4.69) is 19.2 Å². The maximum absolute atomic E-state index is 13.1. The second-order valence-electron chi connectivity index (χ2n) is 20.0. The first kappa shape index (κ1) is 62.1. The SMILES string of the molecule is CCCCCCCCCCCCCCCCCCCCCCCCCCCCC(O)C(=O)NC(COC1OC(CO)C(O)C(O)C1O)C(O)C(O)CCCCCCCCCCCCCC. The molecular formula is C54H107NO10. The van der Waals surface area contributed by atoms with Crippen LogP contribution in [-0.2, 0) is 14.3 Å². The van der Waals surface area contributed by atoms with E-state index in [0.29, 0.717) is 19.3 Å². The van der Waals surface area contributed by atoms with Gasteiger partial charge in [-0.05, 0) is 12.8 Å². The summed E-state index contributed by atoms with van der Waals surface area (Å²) in [4.78, 5) is 13.1. The highest BCUT2D eigenvalue weighted by Gasteiger charge is 2.44. The van der Waals surface area contributed by atoms with Crippen molar-refractivity contribution in [1.82, 2.24) is 5.32 Å². The molecule has 0 saturated carbocycles. The Balaban J connectivity index is 2.25. The first-order valence-electron chi connectivity index (χ1n) is 27.9. The summed E-state index contributed by atoms with van der Waals surface area (Å²) in [5.74, 6) is -0.691. The van der Waals surface area contributed by atoms with Crippen LogP contribution in [0.3, 0.4) is 0 Å². The van der Waals surface area contributed by atoms with Crippen molar-refractivity contribution < 1.29 is 50.0 Å². The van der Waals surface area contributed by atoms with Gasteiger partial charge in [-0.25, -0.2) is 0 Å². The predicted molar refractivity (Wildman–Crippen MR) is 266 cm³/mol. The predicted octanol–water partition coefficient (Wildman–Crippen LogP) is 11.0. The molecule has 1 fully saturated rings. The van der Waals surface area contributed by atoms with Crippen LogP contribution in [0.1, 0.15) is 271 Å². The van der Waals surface area contributed by atoms with Gasteiger partial charge < -0.3 is 50.5 Å². The molecule has 0 radical (unpaired) electrons. The largest absolute Gasteiger partial charge is 0.394 e. The van der Waals surface area contributed by atoms with Crippen molar-refractivity contribution >= 4 is 5.91 Å². The Morgan fingerprint density at radius 2 is 0.800 bits per heavy atom. The molecule has 0 spiro atoms. The molecule has 65 heavy (non-hydrogen) atoms. The van der Waals surface area contributed by atoms with Crippen molar-refractivity contribution in [3.8, 4) is 0 Å². The Hall–Kier alpha value is -0.890. The molecule has 11 nitrogen and oxygen atoms in total. The lowest BCUT2D eigenvalue weighted by molar-refractivity contribution is -0.303. The van der Waals surface area contributed by atoms with Crippen LogP contribution in [0.4, 0.5) is 0 Å². The van der Waals surface area contributed by atoms with Crippen LogP contribution in [0.5, 0.6) is 0 Å². The molecule has 0 aromatic rings. The molecule has 0 bridgehead atoms. The summed E-state index contributed by atoms with van der Waals surface area (Å²) in [6.45, 7) is 3.47. The maximum atomic E-state index is 13.1. The van der Waals surface area contributed by atoms with E-state index in [-0.39, 0.29) is 6.42 Å². The fraction of sp³-hybridized carbons (Fsp3) is 0.981. The van der Waals surface area contributed by atoms with Gasteiger partial charge >= 0.3 is 0 Å². The van der Waals surface area contributed by atoms with Gasteiger partial charge in [-0.1, -0.05) is 258 Å². The summed E-state index contributed by atoms with van der Waals surface area (Å²) in [5, 5.41) is 75.9. The van der Waals surface area contributed by atoms with Crippen LogP contribution in [0.15, 0.2) is 0 Å². The molecule has 1 saturated heterocycles. The van der Waals surface area contributed by atoms with Gasteiger partial charge in [-0.3, -0.25) is 4.79 Å². The zero-order valence-electron chi connectivity index (χ0n) is 42.2. The standard InChI is InChI=1S/C54H107NO10/c1-3-5-7-9-11-13-15-17-18-19-20-21-22-23-24-25-26-27-28-29-30-32-34-36-38-40-42-47(58)53(63)55-45(44-64-54-52(62)51(61)50(60)48(43-56)65-54)49(59)46(57)41-39-37-35-33-31-16-14-12-10-8-6-4-2/h45-52,54,56-62H,3-44H2,1-2H3,(H,55,63). The summed E-state index contributed by atoms with van der Waals surface area (Å²) in [6.07, 6.45) is 37.4. The molecule has 8 N–H and O–H groups in total. The number of carbonyl (C=O) groups excluding carboxylic acids is 1. The van der Waals surface area contributed by atoms with Gasteiger partial charge in [0.25, 0.3) is 0 Å². The molecule has 388 valence electrons. The van der Waals surface area contributed by atoms with Crippen molar-refractivity contribution in [2.45, 2.75) is 326 Å². The van der Waals surface area contributed by atoms with E-state index in [9.17, 15) is 40.5 Å². The number of aliphatic hydroxyl groups is 7. The molecular weight excluding hydrogens is 823 g/mol. The lowest BCUT2D eigenvalue weighted by Gasteiger charge is -2.40. The first-order valence-corrected chi connectivity index (χ1v) is 27.9. The Morgan fingerprint density at radius 3 is 1.14 bits per heavy atom. The first-order chi connectivity index (χ1) is 31.7. The lowest BCUT2D eigenvalue weighted by Crippen LogP contribution is -2.60. The van der Waals surface area contributed by atoms with Crippen molar-refractivity contribution in [3.63, 3.8) is 0 Å². The van der Waals surface area contributed by atoms with Crippen LogP contribution < -0.4 is 5.32 Å². The zero-order chi connectivity index (χ0) is 47.6. The number of hydrogen-bond acceptors (Lipinski definition) is 10. The molecule has 1 heterocycles. The summed E-state index contributed by atoms with van der Waals surface area (Å²) in [5.41, 5.74) is 0. The number of rotatable bonds is 48. The van der Waals surface area contributed by atoms with E-state index in [1.165, 1.54) is 193 Å². The van der Waals surface area contributed by atoms with Gasteiger partial charge in [-0.2, -0.15) is 0 Å². The van der Waals surface area contributed by atoms with E-state index in [4.69, 9.17) is 9.47 Å². The average Bonchev–Trinajstić information content (AvgIpc) is 3.31. The van der Waals surface area contributed by atoms with E-state index in [0.717, 1.165) is 38.5 Å². The molecule has 0 aliphatic carbocycles. The molecule has 11 heteroatoms. The minimum atomic E-state index is -1.66. The van der Waals surface area contributed by atoms with Gasteiger partial charge in [0.05, 0.1) is 25.4 Å². The number of ether oxygens (including phenoxy) is 2. The summed E-state index contributed by atoms with van der Waals surface area (Å²) < 4.78 is 11.1. The third-order valence-electron chi connectivity index (χ3n) is 13.9. The summed E-state index contributed by atoms with van der Waals surface area (Å²) in [7, 11) is 0. The molecule has 0 aromatic heterocycles.